The summed E-state index contributed by atoms with van der Waals surface area (Å²) in [4.78, 5) is 3.95. The molecule has 0 fully saturated rings. The fourth-order valence-electron chi connectivity index (χ4n) is 1.17. The maximum atomic E-state index is 12.0. The summed E-state index contributed by atoms with van der Waals surface area (Å²) >= 11 is 4.49. The van der Waals surface area contributed by atoms with Crippen molar-refractivity contribution in [3.8, 4) is 0 Å². The molecule has 1 rings (SSSR count). The van der Waals surface area contributed by atoms with E-state index in [1.807, 2.05) is 13.8 Å². The third kappa shape index (κ3) is 3.80. The molecule has 0 bridgehead atoms. The van der Waals surface area contributed by atoms with E-state index in [2.05, 4.69) is 25.6 Å². The van der Waals surface area contributed by atoms with Crippen molar-refractivity contribution in [2.75, 3.05) is 5.33 Å². The number of thiazole rings is 1. The molecule has 0 atom stereocenters. The van der Waals surface area contributed by atoms with Gasteiger partial charge in [-0.2, -0.15) is 0 Å². The minimum atomic E-state index is -3.43. The first-order valence-electron chi connectivity index (χ1n) is 4.79. The molecule has 1 aromatic rings. The highest BCUT2D eigenvalue weighted by Gasteiger charge is 2.26. The van der Waals surface area contributed by atoms with Crippen LogP contribution in [0, 0.1) is 6.92 Å². The van der Waals surface area contributed by atoms with Crippen LogP contribution in [0.5, 0.6) is 0 Å². The van der Waals surface area contributed by atoms with Crippen LogP contribution in [0.25, 0.3) is 0 Å². The lowest BCUT2D eigenvalue weighted by Crippen LogP contribution is -2.43. The lowest BCUT2D eigenvalue weighted by molar-refractivity contribution is 0.444. The van der Waals surface area contributed by atoms with Crippen molar-refractivity contribution in [1.29, 1.82) is 0 Å². The quantitative estimate of drug-likeness (QED) is 0.844. The Bertz CT molecular complexity index is 454. The van der Waals surface area contributed by atoms with Crippen LogP contribution in [0.2, 0.25) is 0 Å². The standard InChI is InChI=1S/C9H15BrN2O2S2/c1-7-11-6-8(15-7)16(13,14)12-9(2,3)4-5-10/h6,12H,4-5H2,1-3H3. The number of rotatable bonds is 5. The monoisotopic (exact) mass is 326 g/mol. The molecule has 0 amide bonds. The molecule has 0 aliphatic carbocycles. The van der Waals surface area contributed by atoms with Gasteiger partial charge in [-0.05, 0) is 27.2 Å². The van der Waals surface area contributed by atoms with Crippen molar-refractivity contribution in [1.82, 2.24) is 9.71 Å². The van der Waals surface area contributed by atoms with Crippen LogP contribution in [0.3, 0.4) is 0 Å². The van der Waals surface area contributed by atoms with Crippen LogP contribution in [0.15, 0.2) is 10.4 Å². The van der Waals surface area contributed by atoms with Crippen molar-refractivity contribution >= 4 is 37.3 Å². The molecule has 16 heavy (non-hydrogen) atoms. The number of aryl methyl sites for hydroxylation is 1. The summed E-state index contributed by atoms with van der Waals surface area (Å²) in [6.07, 6.45) is 2.12. The van der Waals surface area contributed by atoms with Crippen molar-refractivity contribution in [3.63, 3.8) is 0 Å². The maximum Gasteiger partial charge on any atom is 0.252 e. The number of sulfonamides is 1. The first-order chi connectivity index (χ1) is 7.27. The molecular weight excluding hydrogens is 312 g/mol. The van der Waals surface area contributed by atoms with Gasteiger partial charge in [-0.3, -0.25) is 0 Å². The molecule has 0 aliphatic rings. The minimum Gasteiger partial charge on any atom is -0.249 e. The third-order valence-electron chi connectivity index (χ3n) is 2.00. The SMILES string of the molecule is Cc1ncc(S(=O)(=O)NC(C)(C)CCBr)s1. The number of hydrogen-bond acceptors (Lipinski definition) is 4. The Balaban J connectivity index is 2.88. The van der Waals surface area contributed by atoms with Gasteiger partial charge in [-0.25, -0.2) is 18.1 Å². The molecule has 0 aromatic carbocycles. The molecular formula is C9H15BrN2O2S2. The number of alkyl halides is 1. The predicted molar refractivity (Wildman–Crippen MR) is 69.7 cm³/mol. The Morgan fingerprint density at radius 2 is 2.19 bits per heavy atom. The van der Waals surface area contributed by atoms with Crippen LogP contribution < -0.4 is 4.72 Å². The molecule has 0 saturated heterocycles. The summed E-state index contributed by atoms with van der Waals surface area (Å²) in [5, 5.41) is 1.50. The van der Waals surface area contributed by atoms with E-state index in [-0.39, 0.29) is 4.21 Å². The van der Waals surface area contributed by atoms with Gasteiger partial charge in [0, 0.05) is 10.9 Å². The van der Waals surface area contributed by atoms with Crippen LogP contribution in [0.4, 0.5) is 0 Å². The second-order valence-corrected chi connectivity index (χ2v) is 8.06. The lowest BCUT2D eigenvalue weighted by atomic mass is 10.0. The predicted octanol–water partition coefficient (Wildman–Crippen LogP) is 2.29. The highest BCUT2D eigenvalue weighted by Crippen LogP contribution is 2.21. The van der Waals surface area contributed by atoms with Crippen molar-refractivity contribution in [2.45, 2.75) is 36.9 Å². The lowest BCUT2D eigenvalue weighted by Gasteiger charge is -2.24. The average molecular weight is 327 g/mol. The molecule has 0 aliphatic heterocycles. The van der Waals surface area contributed by atoms with Gasteiger partial charge in [-0.15, -0.1) is 11.3 Å². The van der Waals surface area contributed by atoms with Gasteiger partial charge in [0.1, 0.15) is 0 Å². The molecule has 0 radical (unpaired) electrons. The van der Waals surface area contributed by atoms with Gasteiger partial charge in [0.2, 0.25) is 0 Å². The fourth-order valence-corrected chi connectivity index (χ4v) is 4.71. The van der Waals surface area contributed by atoms with E-state index in [0.717, 1.165) is 16.8 Å². The van der Waals surface area contributed by atoms with Gasteiger partial charge >= 0.3 is 0 Å². The van der Waals surface area contributed by atoms with E-state index >= 15 is 0 Å². The molecule has 1 heterocycles. The Labute approximate surface area is 109 Å². The maximum absolute atomic E-state index is 12.0. The topological polar surface area (TPSA) is 59.1 Å². The fraction of sp³-hybridized carbons (Fsp3) is 0.667. The van der Waals surface area contributed by atoms with E-state index in [9.17, 15) is 8.42 Å². The molecule has 7 heteroatoms. The summed E-state index contributed by atoms with van der Waals surface area (Å²) in [5.74, 6) is 0. The van der Waals surface area contributed by atoms with Crippen LogP contribution in [0.1, 0.15) is 25.3 Å². The first kappa shape index (κ1) is 14.1. The number of halogens is 1. The van der Waals surface area contributed by atoms with Gasteiger partial charge < -0.3 is 0 Å². The van der Waals surface area contributed by atoms with E-state index in [0.29, 0.717) is 0 Å². The zero-order valence-corrected chi connectivity index (χ0v) is 12.7. The van der Waals surface area contributed by atoms with Gasteiger partial charge in [-0.1, -0.05) is 15.9 Å². The second kappa shape index (κ2) is 5.12. The Morgan fingerprint density at radius 3 is 2.62 bits per heavy atom. The Kier molecular flexibility index (Phi) is 4.50. The average Bonchev–Trinajstić information content (AvgIpc) is 2.49. The van der Waals surface area contributed by atoms with Gasteiger partial charge in [0.15, 0.2) is 4.21 Å². The number of aromatic nitrogens is 1. The molecule has 1 N–H and O–H groups in total. The van der Waals surface area contributed by atoms with Gasteiger partial charge in [0.25, 0.3) is 10.0 Å². The van der Waals surface area contributed by atoms with E-state index in [1.165, 1.54) is 17.5 Å². The van der Waals surface area contributed by atoms with Crippen molar-refractivity contribution < 1.29 is 8.42 Å². The van der Waals surface area contributed by atoms with E-state index < -0.39 is 15.6 Å². The molecule has 0 saturated carbocycles. The van der Waals surface area contributed by atoms with E-state index in [4.69, 9.17) is 0 Å². The Morgan fingerprint density at radius 1 is 1.56 bits per heavy atom. The molecule has 0 unspecified atom stereocenters. The van der Waals surface area contributed by atoms with Gasteiger partial charge in [0.05, 0.1) is 11.2 Å². The summed E-state index contributed by atoms with van der Waals surface area (Å²) in [6.45, 7) is 5.51. The number of hydrogen-bond donors (Lipinski definition) is 1. The molecule has 0 spiro atoms. The Hall–Kier alpha value is 0.0200. The summed E-state index contributed by atoms with van der Waals surface area (Å²) in [6, 6.07) is 0. The largest absolute Gasteiger partial charge is 0.252 e. The highest BCUT2D eigenvalue weighted by atomic mass is 79.9. The smallest absolute Gasteiger partial charge is 0.249 e. The number of nitrogens with zero attached hydrogens (tertiary/aromatic N) is 1. The van der Waals surface area contributed by atoms with Crippen LogP contribution >= 0.6 is 27.3 Å². The second-order valence-electron chi connectivity index (χ2n) is 4.13. The van der Waals surface area contributed by atoms with Crippen LogP contribution in [-0.4, -0.2) is 24.3 Å². The summed E-state index contributed by atoms with van der Waals surface area (Å²) in [7, 11) is -3.43. The van der Waals surface area contributed by atoms with Crippen LogP contribution in [-0.2, 0) is 10.0 Å². The highest BCUT2D eigenvalue weighted by molar-refractivity contribution is 9.09. The van der Waals surface area contributed by atoms with E-state index in [1.54, 1.807) is 6.92 Å². The summed E-state index contributed by atoms with van der Waals surface area (Å²) in [5.41, 5.74) is -0.458. The first-order valence-corrected chi connectivity index (χ1v) is 8.21. The zero-order chi connectivity index (χ0) is 12.4. The third-order valence-corrected chi connectivity index (χ3v) is 5.46. The number of nitrogens with one attached hydrogen (secondary N) is 1. The normalized spacial score (nSPS) is 13.0. The molecule has 1 aromatic heterocycles. The molecule has 92 valence electrons. The van der Waals surface area contributed by atoms with Crippen molar-refractivity contribution in [3.05, 3.63) is 11.2 Å². The van der Waals surface area contributed by atoms with Crippen molar-refractivity contribution in [2.24, 2.45) is 0 Å². The zero-order valence-electron chi connectivity index (χ0n) is 9.45. The minimum absolute atomic E-state index is 0.271. The summed E-state index contributed by atoms with van der Waals surface area (Å²) < 4.78 is 26.9. The molecule has 4 nitrogen and oxygen atoms in total.